The first-order chi connectivity index (χ1) is 17.0. The molecule has 4 rings (SSSR count). The second kappa shape index (κ2) is 11.6. The molecule has 9 heteroatoms. The molecule has 35 heavy (non-hydrogen) atoms. The van der Waals surface area contributed by atoms with E-state index >= 15 is 0 Å². The number of aliphatic hydroxyl groups is 1. The Hall–Kier alpha value is -3.01. The summed E-state index contributed by atoms with van der Waals surface area (Å²) in [6.07, 6.45) is 6.58. The molecule has 0 spiro atoms. The van der Waals surface area contributed by atoms with Crippen LogP contribution in [-0.4, -0.2) is 42.7 Å². The third kappa shape index (κ3) is 5.80. The van der Waals surface area contributed by atoms with Crippen molar-refractivity contribution in [3.63, 3.8) is 0 Å². The van der Waals surface area contributed by atoms with Crippen LogP contribution in [0.15, 0.2) is 64.4 Å². The normalized spacial score (nSPS) is 15.8. The Balaban J connectivity index is 1.64. The molecule has 182 valence electrons. The summed E-state index contributed by atoms with van der Waals surface area (Å²) in [6, 6.07) is 14.6. The summed E-state index contributed by atoms with van der Waals surface area (Å²) in [7, 11) is 0. The molecule has 1 atom stereocenters. The number of carbonyl (C=O) groups excluding carboxylic acids is 1. The molecular formula is C26H28N4O3S2. The van der Waals surface area contributed by atoms with Gasteiger partial charge in [-0.3, -0.25) is 18.9 Å². The van der Waals surface area contributed by atoms with Crippen LogP contribution in [0.4, 0.5) is 5.82 Å². The Morgan fingerprint density at radius 2 is 1.89 bits per heavy atom. The zero-order chi connectivity index (χ0) is 24.8. The Kier molecular flexibility index (Phi) is 8.33. The largest absolute Gasteiger partial charge is 0.387 e. The quantitative estimate of drug-likeness (QED) is 0.235. The molecule has 0 saturated carbocycles. The van der Waals surface area contributed by atoms with Crippen molar-refractivity contribution in [3.05, 3.63) is 81.1 Å². The molecule has 2 N–H and O–H groups in total. The van der Waals surface area contributed by atoms with E-state index in [0.29, 0.717) is 27.2 Å². The third-order valence-corrected chi connectivity index (χ3v) is 7.18. The maximum Gasteiger partial charge on any atom is 0.267 e. The number of carbonyl (C=O) groups is 1. The van der Waals surface area contributed by atoms with Crippen LogP contribution in [0.3, 0.4) is 0 Å². The van der Waals surface area contributed by atoms with Gasteiger partial charge in [-0.15, -0.1) is 0 Å². The van der Waals surface area contributed by atoms with Gasteiger partial charge in [0.1, 0.15) is 15.8 Å². The number of hydrogen-bond donors (Lipinski definition) is 2. The van der Waals surface area contributed by atoms with E-state index < -0.39 is 6.10 Å². The summed E-state index contributed by atoms with van der Waals surface area (Å²) in [5.41, 5.74) is 1.17. The van der Waals surface area contributed by atoms with Crippen LogP contribution in [0, 0.1) is 0 Å². The lowest BCUT2D eigenvalue weighted by Gasteiger charge is -2.15. The zero-order valence-electron chi connectivity index (χ0n) is 19.5. The number of benzene rings is 1. The number of amides is 1. The standard InChI is InChI=1S/C26H28N4O3S2/c1-2-3-4-9-15-30-25(33)21(35-26(30)34)16-19-23(27-17-20(31)18-11-6-5-7-12-18)28-22-13-8-10-14-29(22)24(19)32/h5-8,10-14,16,20,27,31H,2-4,9,15,17H2,1H3/b21-16-. The van der Waals surface area contributed by atoms with Crippen molar-refractivity contribution in [2.45, 2.75) is 38.7 Å². The number of thioether (sulfide) groups is 1. The minimum absolute atomic E-state index is 0.151. The van der Waals surface area contributed by atoms with Gasteiger partial charge in [0.05, 0.1) is 16.6 Å². The molecule has 0 radical (unpaired) electrons. The molecule has 7 nitrogen and oxygen atoms in total. The van der Waals surface area contributed by atoms with Crippen molar-refractivity contribution in [2.75, 3.05) is 18.4 Å². The topological polar surface area (TPSA) is 86.9 Å². The van der Waals surface area contributed by atoms with Crippen LogP contribution in [-0.2, 0) is 4.79 Å². The number of thiocarbonyl (C=S) groups is 1. The van der Waals surface area contributed by atoms with Gasteiger partial charge in [-0.05, 0) is 30.2 Å². The fourth-order valence-electron chi connectivity index (χ4n) is 3.87. The van der Waals surface area contributed by atoms with Crippen molar-refractivity contribution in [2.24, 2.45) is 0 Å². The first-order valence-corrected chi connectivity index (χ1v) is 13.0. The van der Waals surface area contributed by atoms with Crippen molar-refractivity contribution >= 4 is 51.7 Å². The lowest BCUT2D eigenvalue weighted by atomic mass is 10.1. The van der Waals surface area contributed by atoms with Gasteiger partial charge in [0.2, 0.25) is 0 Å². The van der Waals surface area contributed by atoms with E-state index in [4.69, 9.17) is 12.2 Å². The minimum atomic E-state index is -0.790. The Labute approximate surface area is 213 Å². The second-order valence-electron chi connectivity index (χ2n) is 8.31. The SMILES string of the molecule is CCCCCCN1C(=O)/C(=C/c2c(NCC(O)c3ccccc3)nc3ccccn3c2=O)SC1=S. The fourth-order valence-corrected chi connectivity index (χ4v) is 5.16. The minimum Gasteiger partial charge on any atom is -0.387 e. The summed E-state index contributed by atoms with van der Waals surface area (Å²) in [4.78, 5) is 33.1. The third-order valence-electron chi connectivity index (χ3n) is 5.80. The number of nitrogens with one attached hydrogen (secondary N) is 1. The van der Waals surface area contributed by atoms with Gasteiger partial charge < -0.3 is 10.4 Å². The smallest absolute Gasteiger partial charge is 0.267 e. The lowest BCUT2D eigenvalue weighted by Crippen LogP contribution is -2.29. The van der Waals surface area contributed by atoms with Gasteiger partial charge in [-0.2, -0.15) is 0 Å². The van der Waals surface area contributed by atoms with Gasteiger partial charge in [-0.25, -0.2) is 4.98 Å². The van der Waals surface area contributed by atoms with Crippen LogP contribution in [0.5, 0.6) is 0 Å². The predicted octanol–water partition coefficient (Wildman–Crippen LogP) is 4.62. The molecule has 1 aromatic carbocycles. The summed E-state index contributed by atoms with van der Waals surface area (Å²) in [5, 5.41) is 13.7. The lowest BCUT2D eigenvalue weighted by molar-refractivity contribution is -0.122. The van der Waals surface area contributed by atoms with Gasteiger partial charge in [-0.1, -0.05) is 86.6 Å². The first-order valence-electron chi connectivity index (χ1n) is 11.7. The molecule has 1 amide bonds. The summed E-state index contributed by atoms with van der Waals surface area (Å²) < 4.78 is 1.94. The maximum absolute atomic E-state index is 13.4. The number of anilines is 1. The van der Waals surface area contributed by atoms with Crippen molar-refractivity contribution < 1.29 is 9.90 Å². The molecule has 1 aliphatic rings. The molecule has 2 aromatic heterocycles. The number of aliphatic hydroxyl groups excluding tert-OH is 1. The molecule has 1 fully saturated rings. The number of nitrogens with zero attached hydrogens (tertiary/aromatic N) is 3. The van der Waals surface area contributed by atoms with E-state index in [9.17, 15) is 14.7 Å². The molecular weight excluding hydrogens is 480 g/mol. The molecule has 3 heterocycles. The van der Waals surface area contributed by atoms with Crippen LogP contribution >= 0.6 is 24.0 Å². The summed E-state index contributed by atoms with van der Waals surface area (Å²) >= 11 is 6.65. The van der Waals surface area contributed by atoms with E-state index in [1.807, 2.05) is 30.3 Å². The van der Waals surface area contributed by atoms with Crippen LogP contribution in [0.1, 0.15) is 49.8 Å². The zero-order valence-corrected chi connectivity index (χ0v) is 21.1. The van der Waals surface area contributed by atoms with Gasteiger partial charge in [0, 0.05) is 19.3 Å². The predicted molar refractivity (Wildman–Crippen MR) is 145 cm³/mol. The number of rotatable bonds is 10. The van der Waals surface area contributed by atoms with Crippen molar-refractivity contribution in [3.8, 4) is 0 Å². The van der Waals surface area contributed by atoms with Crippen LogP contribution < -0.4 is 10.9 Å². The molecule has 1 saturated heterocycles. The average molecular weight is 509 g/mol. The van der Waals surface area contributed by atoms with Gasteiger partial charge in [0.15, 0.2) is 0 Å². The molecule has 1 aliphatic heterocycles. The second-order valence-corrected chi connectivity index (χ2v) is 9.99. The number of aromatic nitrogens is 2. The van der Waals surface area contributed by atoms with E-state index in [1.165, 1.54) is 16.2 Å². The van der Waals surface area contributed by atoms with Gasteiger partial charge >= 0.3 is 0 Å². The van der Waals surface area contributed by atoms with Gasteiger partial charge in [0.25, 0.3) is 11.5 Å². The summed E-state index contributed by atoms with van der Waals surface area (Å²) in [6.45, 7) is 2.87. The number of unbranched alkanes of at least 4 members (excludes halogenated alkanes) is 3. The molecule has 3 aromatic rings. The average Bonchev–Trinajstić information content (AvgIpc) is 3.14. The maximum atomic E-state index is 13.4. The van der Waals surface area contributed by atoms with E-state index in [-0.39, 0.29) is 23.6 Å². The Bertz CT molecular complexity index is 1310. The number of hydrogen-bond acceptors (Lipinski definition) is 7. The van der Waals surface area contributed by atoms with Crippen LogP contribution in [0.25, 0.3) is 11.7 Å². The molecule has 0 bridgehead atoms. The number of fused-ring (bicyclic) bond motifs is 1. The molecule has 1 unspecified atom stereocenters. The number of pyridine rings is 1. The Morgan fingerprint density at radius 3 is 2.66 bits per heavy atom. The highest BCUT2D eigenvalue weighted by molar-refractivity contribution is 8.26. The highest BCUT2D eigenvalue weighted by Crippen LogP contribution is 2.33. The van der Waals surface area contributed by atoms with E-state index in [1.54, 1.807) is 35.4 Å². The molecule has 0 aliphatic carbocycles. The Morgan fingerprint density at radius 1 is 1.11 bits per heavy atom. The van der Waals surface area contributed by atoms with E-state index in [0.717, 1.165) is 31.2 Å². The van der Waals surface area contributed by atoms with E-state index in [2.05, 4.69) is 17.2 Å². The highest BCUT2D eigenvalue weighted by Gasteiger charge is 2.32. The highest BCUT2D eigenvalue weighted by atomic mass is 32.2. The first kappa shape index (κ1) is 25.1. The monoisotopic (exact) mass is 508 g/mol. The van der Waals surface area contributed by atoms with Crippen LogP contribution in [0.2, 0.25) is 0 Å². The van der Waals surface area contributed by atoms with Crippen molar-refractivity contribution in [1.29, 1.82) is 0 Å². The fraction of sp³-hybridized carbons (Fsp3) is 0.308. The summed E-state index contributed by atoms with van der Waals surface area (Å²) in [5.74, 6) is 0.119. The van der Waals surface area contributed by atoms with Crippen molar-refractivity contribution in [1.82, 2.24) is 14.3 Å².